The summed E-state index contributed by atoms with van der Waals surface area (Å²) in [5, 5.41) is 12.0. The molecule has 0 radical (unpaired) electrons. The Labute approximate surface area is 116 Å². The molecule has 0 heterocycles. The Balaban J connectivity index is 2.42. The van der Waals surface area contributed by atoms with Crippen LogP contribution in [0.2, 0.25) is 0 Å². The van der Waals surface area contributed by atoms with Gasteiger partial charge in [0.1, 0.15) is 0 Å². The molecule has 0 aromatic heterocycles. The monoisotopic (exact) mass is 269 g/mol. The first-order chi connectivity index (χ1) is 8.86. The molecule has 4 nitrogen and oxygen atoms in total. The zero-order valence-electron chi connectivity index (χ0n) is 12.5. The highest BCUT2D eigenvalue weighted by atomic mass is 16.4. The molecule has 2 N–H and O–H groups in total. The SMILES string of the molecule is CCCCC(CC)CNC(=O)[C@H]1[C@@H](C(=O)O)C1(C)C. The van der Waals surface area contributed by atoms with Crippen LogP contribution in [0, 0.1) is 23.2 Å². The lowest BCUT2D eigenvalue weighted by atomic mass is 9.99. The van der Waals surface area contributed by atoms with Crippen LogP contribution >= 0.6 is 0 Å². The van der Waals surface area contributed by atoms with Gasteiger partial charge in [0.15, 0.2) is 0 Å². The minimum atomic E-state index is -0.858. The van der Waals surface area contributed by atoms with Gasteiger partial charge in [-0.05, 0) is 17.8 Å². The largest absolute Gasteiger partial charge is 0.481 e. The van der Waals surface area contributed by atoms with Crippen molar-refractivity contribution in [2.45, 2.75) is 53.4 Å². The standard InChI is InChI=1S/C15H27NO3/c1-5-7-8-10(6-2)9-16-13(17)11-12(14(18)19)15(11,3)4/h10-12H,5-9H2,1-4H3,(H,16,17)(H,18,19)/t10?,11-,12+/m1/s1. The van der Waals surface area contributed by atoms with Gasteiger partial charge in [-0.25, -0.2) is 0 Å². The maximum atomic E-state index is 12.1. The van der Waals surface area contributed by atoms with Crippen LogP contribution in [0.15, 0.2) is 0 Å². The molecule has 1 amide bonds. The number of carbonyl (C=O) groups excluding carboxylic acids is 1. The highest BCUT2D eigenvalue weighted by Gasteiger charge is 2.65. The van der Waals surface area contributed by atoms with Crippen LogP contribution in [-0.4, -0.2) is 23.5 Å². The summed E-state index contributed by atoms with van der Waals surface area (Å²) >= 11 is 0. The third-order valence-corrected chi connectivity index (χ3v) is 4.48. The molecule has 19 heavy (non-hydrogen) atoms. The Morgan fingerprint density at radius 2 is 1.89 bits per heavy atom. The molecule has 4 heteroatoms. The van der Waals surface area contributed by atoms with E-state index >= 15 is 0 Å². The van der Waals surface area contributed by atoms with E-state index in [1.54, 1.807) is 0 Å². The van der Waals surface area contributed by atoms with Crippen LogP contribution < -0.4 is 5.32 Å². The summed E-state index contributed by atoms with van der Waals surface area (Å²) in [6, 6.07) is 0. The van der Waals surface area contributed by atoms with Gasteiger partial charge < -0.3 is 10.4 Å². The van der Waals surface area contributed by atoms with E-state index in [9.17, 15) is 9.59 Å². The molecule has 0 bridgehead atoms. The first-order valence-electron chi connectivity index (χ1n) is 7.36. The average molecular weight is 269 g/mol. The van der Waals surface area contributed by atoms with Crippen molar-refractivity contribution in [3.63, 3.8) is 0 Å². The van der Waals surface area contributed by atoms with Gasteiger partial charge in [-0.3, -0.25) is 9.59 Å². The van der Waals surface area contributed by atoms with Crippen molar-refractivity contribution in [3.8, 4) is 0 Å². The predicted octanol–water partition coefficient (Wildman–Crippen LogP) is 2.68. The van der Waals surface area contributed by atoms with E-state index in [1.807, 2.05) is 13.8 Å². The molecular weight excluding hydrogens is 242 g/mol. The van der Waals surface area contributed by atoms with Gasteiger partial charge in [0.25, 0.3) is 0 Å². The third kappa shape index (κ3) is 3.71. The lowest BCUT2D eigenvalue weighted by Crippen LogP contribution is -2.32. The molecule has 110 valence electrons. The highest BCUT2D eigenvalue weighted by Crippen LogP contribution is 2.58. The zero-order chi connectivity index (χ0) is 14.6. The van der Waals surface area contributed by atoms with E-state index in [0.717, 1.165) is 12.8 Å². The molecule has 1 aliphatic rings. The summed E-state index contributed by atoms with van der Waals surface area (Å²) in [5.41, 5.74) is -0.402. The second kappa shape index (κ2) is 6.40. The van der Waals surface area contributed by atoms with Crippen LogP contribution in [0.25, 0.3) is 0 Å². The van der Waals surface area contributed by atoms with Crippen molar-refractivity contribution < 1.29 is 14.7 Å². The lowest BCUT2D eigenvalue weighted by Gasteiger charge is -2.15. The van der Waals surface area contributed by atoms with Crippen LogP contribution in [-0.2, 0) is 9.59 Å². The number of rotatable bonds is 8. The molecule has 1 unspecified atom stereocenters. The fraction of sp³-hybridized carbons (Fsp3) is 0.867. The van der Waals surface area contributed by atoms with Crippen molar-refractivity contribution in [1.82, 2.24) is 5.32 Å². The summed E-state index contributed by atoms with van der Waals surface area (Å²) in [6.45, 7) is 8.67. The molecule has 1 saturated carbocycles. The molecule has 0 saturated heterocycles. The van der Waals surface area contributed by atoms with E-state index in [1.165, 1.54) is 12.8 Å². The van der Waals surface area contributed by atoms with Crippen LogP contribution in [0.1, 0.15) is 53.4 Å². The average Bonchev–Trinajstić information content (AvgIpc) is 2.92. The van der Waals surface area contributed by atoms with E-state index in [0.29, 0.717) is 12.5 Å². The van der Waals surface area contributed by atoms with Gasteiger partial charge in [-0.1, -0.05) is 47.0 Å². The van der Waals surface area contributed by atoms with Gasteiger partial charge in [-0.2, -0.15) is 0 Å². The van der Waals surface area contributed by atoms with Crippen molar-refractivity contribution in [2.75, 3.05) is 6.54 Å². The normalized spacial score (nSPS) is 25.7. The van der Waals surface area contributed by atoms with Crippen molar-refractivity contribution in [1.29, 1.82) is 0 Å². The summed E-state index contributed by atoms with van der Waals surface area (Å²) in [7, 11) is 0. The molecule has 1 aliphatic carbocycles. The molecule has 0 spiro atoms. The van der Waals surface area contributed by atoms with Crippen LogP contribution in [0.5, 0.6) is 0 Å². The number of hydrogen-bond acceptors (Lipinski definition) is 2. The molecular formula is C15H27NO3. The molecule has 1 rings (SSSR count). The number of amides is 1. The second-order valence-corrected chi connectivity index (χ2v) is 6.28. The summed E-state index contributed by atoms with van der Waals surface area (Å²) in [4.78, 5) is 23.1. The fourth-order valence-corrected chi connectivity index (χ4v) is 2.89. The van der Waals surface area contributed by atoms with Gasteiger partial charge in [0, 0.05) is 6.54 Å². The van der Waals surface area contributed by atoms with Gasteiger partial charge >= 0.3 is 5.97 Å². The summed E-state index contributed by atoms with van der Waals surface area (Å²) < 4.78 is 0. The Morgan fingerprint density at radius 3 is 2.32 bits per heavy atom. The summed E-state index contributed by atoms with van der Waals surface area (Å²) in [6.07, 6.45) is 4.53. The van der Waals surface area contributed by atoms with Crippen LogP contribution in [0.4, 0.5) is 0 Å². The maximum absolute atomic E-state index is 12.1. The molecule has 0 aromatic rings. The number of hydrogen-bond donors (Lipinski definition) is 2. The Kier molecular flexibility index (Phi) is 5.39. The highest BCUT2D eigenvalue weighted by molar-refractivity contribution is 5.91. The Bertz CT molecular complexity index is 338. The first kappa shape index (κ1) is 16.0. The second-order valence-electron chi connectivity index (χ2n) is 6.28. The van der Waals surface area contributed by atoms with Gasteiger partial charge in [0.2, 0.25) is 5.91 Å². The summed E-state index contributed by atoms with van der Waals surface area (Å²) in [5.74, 6) is -1.33. The van der Waals surface area contributed by atoms with E-state index < -0.39 is 17.3 Å². The maximum Gasteiger partial charge on any atom is 0.307 e. The number of carbonyl (C=O) groups is 2. The van der Waals surface area contributed by atoms with Crippen LogP contribution in [0.3, 0.4) is 0 Å². The van der Waals surface area contributed by atoms with Crippen molar-refractivity contribution in [3.05, 3.63) is 0 Å². The smallest absolute Gasteiger partial charge is 0.307 e. The topological polar surface area (TPSA) is 66.4 Å². The molecule has 1 fully saturated rings. The minimum Gasteiger partial charge on any atom is -0.481 e. The quantitative estimate of drug-likeness (QED) is 0.712. The number of carboxylic acid groups (broad SMARTS) is 1. The number of unbranched alkanes of at least 4 members (excludes halogenated alkanes) is 1. The van der Waals surface area contributed by atoms with Gasteiger partial charge in [0.05, 0.1) is 11.8 Å². The van der Waals surface area contributed by atoms with Crippen molar-refractivity contribution in [2.24, 2.45) is 23.2 Å². The first-order valence-corrected chi connectivity index (χ1v) is 7.36. The molecule has 0 aromatic carbocycles. The minimum absolute atomic E-state index is 0.0904. The number of aliphatic carboxylic acids is 1. The zero-order valence-corrected chi connectivity index (χ0v) is 12.5. The number of carboxylic acids is 1. The Morgan fingerprint density at radius 1 is 1.26 bits per heavy atom. The fourth-order valence-electron chi connectivity index (χ4n) is 2.89. The predicted molar refractivity (Wildman–Crippen MR) is 74.7 cm³/mol. The van der Waals surface area contributed by atoms with E-state index in [-0.39, 0.29) is 11.8 Å². The molecule has 3 atom stereocenters. The lowest BCUT2D eigenvalue weighted by molar-refractivity contribution is -0.140. The van der Waals surface area contributed by atoms with E-state index in [4.69, 9.17) is 5.11 Å². The number of nitrogens with one attached hydrogen (secondary N) is 1. The van der Waals surface area contributed by atoms with Gasteiger partial charge in [-0.15, -0.1) is 0 Å². The van der Waals surface area contributed by atoms with Crippen molar-refractivity contribution >= 4 is 11.9 Å². The molecule has 0 aliphatic heterocycles. The van der Waals surface area contributed by atoms with E-state index in [2.05, 4.69) is 19.2 Å². The Hall–Kier alpha value is -1.06. The third-order valence-electron chi connectivity index (χ3n) is 4.48.